The zero-order valence-electron chi connectivity index (χ0n) is 15.3. The maximum Gasteiger partial charge on any atom is 0.236 e. The van der Waals surface area contributed by atoms with Crippen molar-refractivity contribution in [1.82, 2.24) is 0 Å². The fraction of sp³-hybridized carbons (Fsp3) is 0.350. The molecular formula is C20H24N2O3S. The Bertz CT molecular complexity index is 900. The number of para-hydroxylation sites is 1. The van der Waals surface area contributed by atoms with E-state index in [1.54, 1.807) is 24.3 Å². The Kier molecular flexibility index (Phi) is 5.05. The Morgan fingerprint density at radius 3 is 2.38 bits per heavy atom. The van der Waals surface area contributed by atoms with E-state index in [0.717, 1.165) is 5.56 Å². The van der Waals surface area contributed by atoms with Gasteiger partial charge in [-0.2, -0.15) is 0 Å². The standard InChI is InChI=1S/C20H24N2O3S/c1-20(2,3)18-13-25-19(21-18)16-11-7-8-12-17(16)22-26(23,24)14-15-9-5-4-6-10-15/h4-12,18,22H,13-14H2,1-3H3/t18-/m1/s1. The van der Waals surface area contributed by atoms with E-state index in [9.17, 15) is 8.42 Å². The first-order chi connectivity index (χ1) is 12.2. The van der Waals surface area contributed by atoms with E-state index in [1.165, 1.54) is 0 Å². The van der Waals surface area contributed by atoms with E-state index in [4.69, 9.17) is 4.74 Å². The molecule has 5 nitrogen and oxygen atoms in total. The highest BCUT2D eigenvalue weighted by Gasteiger charge is 2.31. The van der Waals surface area contributed by atoms with Crippen LogP contribution in [0.3, 0.4) is 0 Å². The van der Waals surface area contributed by atoms with Gasteiger partial charge in [0.05, 0.1) is 23.0 Å². The molecule has 2 aromatic rings. The first kappa shape index (κ1) is 18.5. The van der Waals surface area contributed by atoms with Crippen LogP contribution >= 0.6 is 0 Å². The maximum absolute atomic E-state index is 12.6. The van der Waals surface area contributed by atoms with Gasteiger partial charge < -0.3 is 4.74 Å². The highest BCUT2D eigenvalue weighted by Crippen LogP contribution is 2.29. The molecule has 0 amide bonds. The second-order valence-corrected chi connectivity index (χ2v) is 9.24. The molecule has 1 aliphatic heterocycles. The van der Waals surface area contributed by atoms with Crippen LogP contribution in [0.4, 0.5) is 5.69 Å². The Hall–Kier alpha value is -2.34. The lowest BCUT2D eigenvalue weighted by atomic mass is 9.88. The van der Waals surface area contributed by atoms with Crippen molar-refractivity contribution >= 4 is 21.6 Å². The minimum Gasteiger partial charge on any atom is -0.475 e. The molecule has 26 heavy (non-hydrogen) atoms. The van der Waals surface area contributed by atoms with Crippen molar-refractivity contribution in [3.8, 4) is 0 Å². The van der Waals surface area contributed by atoms with Crippen LogP contribution in [0, 0.1) is 5.41 Å². The number of benzene rings is 2. The van der Waals surface area contributed by atoms with E-state index in [-0.39, 0.29) is 17.2 Å². The minimum atomic E-state index is -3.54. The number of hydrogen-bond donors (Lipinski definition) is 1. The third-order valence-corrected chi connectivity index (χ3v) is 5.52. The third-order valence-electron chi connectivity index (χ3n) is 4.27. The normalized spacial score (nSPS) is 17.5. The molecule has 2 aromatic carbocycles. The summed E-state index contributed by atoms with van der Waals surface area (Å²) >= 11 is 0. The summed E-state index contributed by atoms with van der Waals surface area (Å²) in [5.41, 5.74) is 1.87. The molecule has 0 fully saturated rings. The molecule has 3 rings (SSSR count). The molecule has 138 valence electrons. The van der Waals surface area contributed by atoms with Gasteiger partial charge in [0.2, 0.25) is 15.9 Å². The summed E-state index contributed by atoms with van der Waals surface area (Å²) < 4.78 is 33.6. The van der Waals surface area contributed by atoms with Gasteiger partial charge in [-0.05, 0) is 23.1 Å². The van der Waals surface area contributed by atoms with Gasteiger partial charge in [-0.1, -0.05) is 63.2 Å². The highest BCUT2D eigenvalue weighted by molar-refractivity contribution is 7.91. The predicted molar refractivity (Wildman–Crippen MR) is 105 cm³/mol. The third kappa shape index (κ3) is 4.43. The van der Waals surface area contributed by atoms with E-state index < -0.39 is 10.0 Å². The molecular weight excluding hydrogens is 348 g/mol. The molecule has 1 aliphatic rings. The van der Waals surface area contributed by atoms with Crippen LogP contribution in [0.5, 0.6) is 0 Å². The Labute approximate surface area is 155 Å². The van der Waals surface area contributed by atoms with Crippen molar-refractivity contribution in [2.45, 2.75) is 32.6 Å². The largest absolute Gasteiger partial charge is 0.475 e. The monoisotopic (exact) mass is 372 g/mol. The predicted octanol–water partition coefficient (Wildman–Crippen LogP) is 3.82. The molecule has 1 atom stereocenters. The summed E-state index contributed by atoms with van der Waals surface area (Å²) in [6.07, 6.45) is 0. The molecule has 0 saturated carbocycles. The van der Waals surface area contributed by atoms with Gasteiger partial charge in [0.15, 0.2) is 0 Å². The average molecular weight is 372 g/mol. The van der Waals surface area contributed by atoms with E-state index in [2.05, 4.69) is 30.5 Å². The molecule has 0 bridgehead atoms. The Morgan fingerprint density at radius 2 is 1.73 bits per heavy atom. The first-order valence-corrected chi connectivity index (χ1v) is 10.2. The van der Waals surface area contributed by atoms with Crippen molar-refractivity contribution in [3.05, 3.63) is 65.7 Å². The van der Waals surface area contributed by atoms with Gasteiger partial charge in [-0.15, -0.1) is 0 Å². The zero-order chi connectivity index (χ0) is 18.8. The van der Waals surface area contributed by atoms with Crippen molar-refractivity contribution in [2.24, 2.45) is 10.4 Å². The molecule has 0 aliphatic carbocycles. The highest BCUT2D eigenvalue weighted by atomic mass is 32.2. The molecule has 0 unspecified atom stereocenters. The minimum absolute atomic E-state index is 0.0104. The lowest BCUT2D eigenvalue weighted by Gasteiger charge is -2.21. The fourth-order valence-corrected chi connectivity index (χ4v) is 3.94. The van der Waals surface area contributed by atoms with Crippen LogP contribution in [0.15, 0.2) is 59.6 Å². The lowest BCUT2D eigenvalue weighted by Crippen LogP contribution is -2.25. The van der Waals surface area contributed by atoms with Crippen molar-refractivity contribution in [2.75, 3.05) is 11.3 Å². The molecule has 6 heteroatoms. The van der Waals surface area contributed by atoms with E-state index in [0.29, 0.717) is 23.8 Å². The number of rotatable bonds is 5. The molecule has 1 N–H and O–H groups in total. The second-order valence-electron chi connectivity index (χ2n) is 7.52. The summed E-state index contributed by atoms with van der Waals surface area (Å²) in [4.78, 5) is 4.66. The number of ether oxygens (including phenoxy) is 1. The average Bonchev–Trinajstić information content (AvgIpc) is 3.05. The second kappa shape index (κ2) is 7.11. The van der Waals surface area contributed by atoms with Crippen molar-refractivity contribution in [3.63, 3.8) is 0 Å². The van der Waals surface area contributed by atoms with Gasteiger partial charge in [0, 0.05) is 0 Å². The lowest BCUT2D eigenvalue weighted by molar-refractivity contribution is 0.236. The maximum atomic E-state index is 12.6. The number of aliphatic imine (C=N–C) groups is 1. The number of nitrogens with zero attached hydrogens (tertiary/aromatic N) is 1. The van der Waals surface area contributed by atoms with Crippen LogP contribution in [0.2, 0.25) is 0 Å². The fourth-order valence-electron chi connectivity index (χ4n) is 2.72. The van der Waals surface area contributed by atoms with Crippen LogP contribution in [0.1, 0.15) is 31.9 Å². The van der Waals surface area contributed by atoms with Crippen LogP contribution in [-0.4, -0.2) is 27.0 Å². The first-order valence-electron chi connectivity index (χ1n) is 8.59. The van der Waals surface area contributed by atoms with Gasteiger partial charge in [0.25, 0.3) is 0 Å². The summed E-state index contributed by atoms with van der Waals surface area (Å²) in [5, 5.41) is 0. The molecule has 0 radical (unpaired) electrons. The van der Waals surface area contributed by atoms with Crippen LogP contribution < -0.4 is 4.72 Å². The summed E-state index contributed by atoms with van der Waals surface area (Å²) in [6.45, 7) is 6.84. The van der Waals surface area contributed by atoms with Gasteiger partial charge in [0.1, 0.15) is 6.61 Å². The van der Waals surface area contributed by atoms with Crippen LogP contribution in [-0.2, 0) is 20.5 Å². The van der Waals surface area contributed by atoms with E-state index in [1.807, 2.05) is 30.3 Å². The summed E-state index contributed by atoms with van der Waals surface area (Å²) in [5.74, 6) is 0.406. The zero-order valence-corrected chi connectivity index (χ0v) is 16.1. The number of hydrogen-bond acceptors (Lipinski definition) is 4. The molecule has 0 spiro atoms. The number of anilines is 1. The summed E-state index contributed by atoms with van der Waals surface area (Å²) in [6, 6.07) is 16.3. The quantitative estimate of drug-likeness (QED) is 0.867. The van der Waals surface area contributed by atoms with Gasteiger partial charge in [-0.25, -0.2) is 13.4 Å². The molecule has 0 aromatic heterocycles. The molecule has 1 heterocycles. The Morgan fingerprint density at radius 1 is 1.08 bits per heavy atom. The van der Waals surface area contributed by atoms with Crippen molar-refractivity contribution < 1.29 is 13.2 Å². The Balaban J connectivity index is 1.84. The van der Waals surface area contributed by atoms with Gasteiger partial charge >= 0.3 is 0 Å². The van der Waals surface area contributed by atoms with E-state index >= 15 is 0 Å². The topological polar surface area (TPSA) is 67.8 Å². The van der Waals surface area contributed by atoms with Crippen LogP contribution in [0.25, 0.3) is 0 Å². The SMILES string of the molecule is CC(C)(C)[C@H]1COC(c2ccccc2NS(=O)(=O)Cc2ccccc2)=N1. The summed E-state index contributed by atoms with van der Waals surface area (Å²) in [7, 11) is -3.54. The molecule has 0 saturated heterocycles. The van der Waals surface area contributed by atoms with Gasteiger partial charge in [-0.3, -0.25) is 4.72 Å². The number of nitrogens with one attached hydrogen (secondary N) is 1. The smallest absolute Gasteiger partial charge is 0.236 e. The number of sulfonamides is 1. The van der Waals surface area contributed by atoms with Crippen molar-refractivity contribution in [1.29, 1.82) is 0 Å².